The maximum atomic E-state index is 12.5. The largest absolute Gasteiger partial charge is 0.354 e. The van der Waals surface area contributed by atoms with Gasteiger partial charge in [-0.15, -0.1) is 0 Å². The van der Waals surface area contributed by atoms with Crippen LogP contribution in [0.1, 0.15) is 15.9 Å². The fraction of sp³-hybridized carbons (Fsp3) is 0.182. The van der Waals surface area contributed by atoms with Crippen molar-refractivity contribution in [3.8, 4) is 0 Å². The smallest absolute Gasteiger partial charge is 0.255 e. The number of aliphatic imine (C=N–C) groups is 1. The van der Waals surface area contributed by atoms with E-state index in [1.165, 1.54) is 11.8 Å². The molecule has 31 heavy (non-hydrogen) atoms. The molecular formula is C22H21N7OS. The Morgan fingerprint density at radius 1 is 1.16 bits per heavy atom. The summed E-state index contributed by atoms with van der Waals surface area (Å²) >= 11 is 1.50. The number of nitrogens with zero attached hydrogens (tertiary/aromatic N) is 5. The minimum Gasteiger partial charge on any atom is -0.354 e. The lowest BCUT2D eigenvalue weighted by Crippen LogP contribution is -2.43. The molecule has 0 radical (unpaired) electrons. The van der Waals surface area contributed by atoms with Crippen molar-refractivity contribution >= 4 is 33.6 Å². The van der Waals surface area contributed by atoms with E-state index in [1.807, 2.05) is 30.3 Å². The molecule has 8 nitrogen and oxygen atoms in total. The molecule has 156 valence electrons. The first-order valence-electron chi connectivity index (χ1n) is 10.0. The van der Waals surface area contributed by atoms with Crippen LogP contribution in [0.15, 0.2) is 83.1 Å². The number of benzene rings is 1. The van der Waals surface area contributed by atoms with Gasteiger partial charge in [0.05, 0.1) is 5.70 Å². The first kappa shape index (κ1) is 19.5. The molecule has 1 fully saturated rings. The van der Waals surface area contributed by atoms with Crippen LogP contribution in [-0.2, 0) is 0 Å². The molecule has 5 rings (SSSR count). The number of fused-ring (bicyclic) bond motifs is 1. The molecular weight excluding hydrogens is 410 g/mol. The summed E-state index contributed by atoms with van der Waals surface area (Å²) in [7, 11) is 0. The molecule has 9 heteroatoms. The Labute approximate surface area is 184 Å². The monoisotopic (exact) mass is 431 g/mol. The van der Waals surface area contributed by atoms with Gasteiger partial charge in [0.1, 0.15) is 10.9 Å². The van der Waals surface area contributed by atoms with Gasteiger partial charge in [-0.3, -0.25) is 9.78 Å². The molecule has 0 spiro atoms. The number of hydrogen-bond donors (Lipinski definition) is 2. The number of thioether (sulfide) groups is 1. The van der Waals surface area contributed by atoms with Crippen LogP contribution in [0.3, 0.4) is 0 Å². The lowest BCUT2D eigenvalue weighted by atomic mass is 10.2. The molecule has 2 aromatic rings. The van der Waals surface area contributed by atoms with Crippen LogP contribution >= 0.6 is 11.8 Å². The number of pyridine rings is 1. The van der Waals surface area contributed by atoms with Gasteiger partial charge < -0.3 is 15.5 Å². The maximum absolute atomic E-state index is 12.5. The van der Waals surface area contributed by atoms with E-state index in [0.717, 1.165) is 53.5 Å². The molecule has 0 unspecified atom stereocenters. The van der Waals surface area contributed by atoms with Crippen molar-refractivity contribution in [2.24, 2.45) is 10.1 Å². The number of hydrazone groups is 1. The third kappa shape index (κ3) is 4.10. The Bertz CT molecular complexity index is 1120. The lowest BCUT2D eigenvalue weighted by molar-refractivity contribution is 0.102. The molecule has 2 N–H and O–H groups in total. The summed E-state index contributed by atoms with van der Waals surface area (Å²) in [5, 5.41) is 14.4. The zero-order valence-electron chi connectivity index (χ0n) is 16.8. The van der Waals surface area contributed by atoms with Gasteiger partial charge in [0.25, 0.3) is 5.91 Å². The zero-order chi connectivity index (χ0) is 21.2. The minimum absolute atomic E-state index is 0.180. The highest BCUT2D eigenvalue weighted by atomic mass is 32.2. The van der Waals surface area contributed by atoms with Crippen LogP contribution in [0.5, 0.6) is 0 Å². The predicted molar refractivity (Wildman–Crippen MR) is 124 cm³/mol. The Hall–Kier alpha value is -3.43. The highest BCUT2D eigenvalue weighted by Crippen LogP contribution is 2.33. The van der Waals surface area contributed by atoms with Gasteiger partial charge >= 0.3 is 0 Å². The average molecular weight is 432 g/mol. The van der Waals surface area contributed by atoms with Crippen molar-refractivity contribution in [2.45, 2.75) is 0 Å². The third-order valence-corrected chi connectivity index (χ3v) is 6.05. The van der Waals surface area contributed by atoms with Crippen LogP contribution in [0, 0.1) is 0 Å². The fourth-order valence-corrected chi connectivity index (χ4v) is 4.41. The average Bonchev–Trinajstić information content (AvgIpc) is 3.25. The van der Waals surface area contributed by atoms with Crippen LogP contribution in [0.2, 0.25) is 0 Å². The maximum Gasteiger partial charge on any atom is 0.255 e. The summed E-state index contributed by atoms with van der Waals surface area (Å²) in [4.78, 5) is 23.5. The van der Waals surface area contributed by atoms with Gasteiger partial charge in [0, 0.05) is 61.5 Å². The van der Waals surface area contributed by atoms with Crippen molar-refractivity contribution in [3.63, 3.8) is 0 Å². The summed E-state index contributed by atoms with van der Waals surface area (Å²) in [5.74, 6) is 0.751. The van der Waals surface area contributed by atoms with Crippen LogP contribution in [0.4, 0.5) is 5.69 Å². The van der Waals surface area contributed by atoms with E-state index in [-0.39, 0.29) is 5.91 Å². The number of carbonyl (C=O) groups is 1. The number of carbonyl (C=O) groups excluding carboxylic acids is 1. The molecule has 1 aromatic carbocycles. The Morgan fingerprint density at radius 2 is 1.97 bits per heavy atom. The molecule has 0 aliphatic carbocycles. The molecule has 3 aliphatic heterocycles. The molecule has 1 aromatic heterocycles. The Kier molecular flexibility index (Phi) is 5.27. The topological polar surface area (TPSA) is 85.2 Å². The molecule has 0 bridgehead atoms. The molecule has 0 atom stereocenters. The summed E-state index contributed by atoms with van der Waals surface area (Å²) in [6.07, 6.45) is 5.18. The number of amides is 1. The van der Waals surface area contributed by atoms with Gasteiger partial charge in [-0.1, -0.05) is 18.7 Å². The Balaban J connectivity index is 1.33. The van der Waals surface area contributed by atoms with E-state index >= 15 is 0 Å². The number of anilines is 1. The van der Waals surface area contributed by atoms with E-state index in [2.05, 4.69) is 27.1 Å². The zero-order valence-corrected chi connectivity index (χ0v) is 17.6. The van der Waals surface area contributed by atoms with Crippen molar-refractivity contribution < 1.29 is 4.79 Å². The summed E-state index contributed by atoms with van der Waals surface area (Å²) in [5.41, 5.74) is 2.96. The normalized spacial score (nSPS) is 18.2. The van der Waals surface area contributed by atoms with Gasteiger partial charge in [-0.2, -0.15) is 5.10 Å². The highest BCUT2D eigenvalue weighted by molar-refractivity contribution is 8.27. The van der Waals surface area contributed by atoms with Gasteiger partial charge in [0.2, 0.25) is 0 Å². The van der Waals surface area contributed by atoms with Crippen molar-refractivity contribution in [2.75, 3.05) is 31.5 Å². The number of rotatable bonds is 4. The molecule has 4 heterocycles. The number of amidine groups is 1. The van der Waals surface area contributed by atoms with E-state index in [1.54, 1.807) is 29.5 Å². The standard InChI is InChI=1S/C22H21N7OS/c1-15-13-19(28-11-9-24-10-12-28)26-22-29(15)27-21(31-22)17-3-2-4-18(14-17)25-20(30)16-5-7-23-8-6-16/h2-8,13-14,24H,1,9-12H2,(H,25,30). The second-order valence-corrected chi connectivity index (χ2v) is 8.17. The minimum atomic E-state index is -0.180. The van der Waals surface area contributed by atoms with Crippen LogP contribution in [0.25, 0.3) is 0 Å². The van der Waals surface area contributed by atoms with Crippen molar-refractivity contribution in [1.82, 2.24) is 20.2 Å². The van der Waals surface area contributed by atoms with Crippen LogP contribution in [-0.4, -0.2) is 57.2 Å². The summed E-state index contributed by atoms with van der Waals surface area (Å²) in [6, 6.07) is 11.0. The number of piperazine rings is 1. The van der Waals surface area contributed by atoms with Gasteiger partial charge in [-0.25, -0.2) is 10.0 Å². The van der Waals surface area contributed by atoms with E-state index in [4.69, 9.17) is 10.1 Å². The van der Waals surface area contributed by atoms with Gasteiger partial charge in [-0.05, 0) is 36.0 Å². The number of allylic oxidation sites excluding steroid dienone is 1. The molecule has 1 amide bonds. The van der Waals surface area contributed by atoms with E-state index in [9.17, 15) is 4.79 Å². The molecule has 3 aliphatic rings. The highest BCUT2D eigenvalue weighted by Gasteiger charge is 2.30. The third-order valence-electron chi connectivity index (χ3n) is 5.09. The first-order valence-corrected chi connectivity index (χ1v) is 10.8. The van der Waals surface area contributed by atoms with Crippen LogP contribution < -0.4 is 10.6 Å². The quantitative estimate of drug-likeness (QED) is 0.774. The first-order chi connectivity index (χ1) is 15.2. The number of nitrogens with one attached hydrogen (secondary N) is 2. The molecule has 1 saturated heterocycles. The van der Waals surface area contributed by atoms with E-state index < -0.39 is 0 Å². The molecule has 0 saturated carbocycles. The summed E-state index contributed by atoms with van der Waals surface area (Å²) in [6.45, 7) is 7.91. The fourth-order valence-electron chi connectivity index (χ4n) is 3.49. The second kappa shape index (κ2) is 8.37. The Morgan fingerprint density at radius 3 is 2.77 bits per heavy atom. The predicted octanol–water partition coefficient (Wildman–Crippen LogP) is 2.67. The van der Waals surface area contributed by atoms with Crippen molar-refractivity contribution in [1.29, 1.82) is 0 Å². The summed E-state index contributed by atoms with van der Waals surface area (Å²) < 4.78 is 0. The van der Waals surface area contributed by atoms with E-state index in [0.29, 0.717) is 11.3 Å². The van der Waals surface area contributed by atoms with Crippen molar-refractivity contribution in [3.05, 3.63) is 84.1 Å². The second-order valence-electron chi connectivity index (χ2n) is 7.22. The van der Waals surface area contributed by atoms with Gasteiger partial charge in [0.15, 0.2) is 5.17 Å². The number of aromatic nitrogens is 1. The lowest BCUT2D eigenvalue weighted by Gasteiger charge is -2.32. The SMILES string of the molecule is C=C1C=C(N2CCNCC2)N=C2SC(c3cccc(NC(=O)c4ccncc4)c3)=NN12. The number of hydrogen-bond acceptors (Lipinski definition) is 8.